The van der Waals surface area contributed by atoms with Crippen molar-refractivity contribution in [3.05, 3.63) is 115 Å². The van der Waals surface area contributed by atoms with Gasteiger partial charge in [0.05, 0.1) is 11.2 Å². The van der Waals surface area contributed by atoms with Gasteiger partial charge in [-0.2, -0.15) is 0 Å². The Balaban J connectivity index is 1.54. The van der Waals surface area contributed by atoms with Gasteiger partial charge in [0, 0.05) is 21.8 Å². The molecule has 196 valence electrons. The molecule has 7 rings (SSSR count). The van der Waals surface area contributed by atoms with E-state index in [0.717, 1.165) is 49.7 Å². The van der Waals surface area contributed by atoms with Crippen LogP contribution in [0.25, 0.3) is 55.3 Å². The van der Waals surface area contributed by atoms with E-state index in [0.29, 0.717) is 0 Å². The first kappa shape index (κ1) is 24.9. The van der Waals surface area contributed by atoms with Crippen LogP contribution >= 0.6 is 0 Å². The molecule has 0 aliphatic carbocycles. The molecule has 0 bridgehead atoms. The second-order valence-corrected chi connectivity index (χ2v) is 11.6. The maximum atomic E-state index is 6.87. The SMILES string of the molecule is CC1(C)OB(c2ccc(-c3ccccc3-c3ccccc3)c3c2oc2c(-c4ccccc4)cccc23)OC1(C)C. The zero-order chi connectivity index (χ0) is 27.5. The highest BCUT2D eigenvalue weighted by molar-refractivity contribution is 6.65. The topological polar surface area (TPSA) is 31.6 Å². The van der Waals surface area contributed by atoms with Crippen LogP contribution in [0.1, 0.15) is 27.7 Å². The lowest BCUT2D eigenvalue weighted by Crippen LogP contribution is -2.41. The van der Waals surface area contributed by atoms with E-state index in [2.05, 4.69) is 137 Å². The number of para-hydroxylation sites is 1. The van der Waals surface area contributed by atoms with E-state index in [1.165, 1.54) is 11.1 Å². The Hall–Kier alpha value is -4.12. The normalized spacial score (nSPS) is 16.1. The highest BCUT2D eigenvalue weighted by Crippen LogP contribution is 2.44. The largest absolute Gasteiger partial charge is 0.498 e. The molecule has 0 amide bonds. The number of furan rings is 1. The van der Waals surface area contributed by atoms with Crippen LogP contribution in [0.4, 0.5) is 0 Å². The lowest BCUT2D eigenvalue weighted by Gasteiger charge is -2.32. The Morgan fingerprint density at radius 2 is 1.02 bits per heavy atom. The average Bonchev–Trinajstić information content (AvgIpc) is 3.47. The summed E-state index contributed by atoms with van der Waals surface area (Å²) in [6, 6.07) is 40.3. The summed E-state index contributed by atoms with van der Waals surface area (Å²) < 4.78 is 19.9. The molecule has 0 unspecified atom stereocenters. The molecule has 0 spiro atoms. The summed E-state index contributed by atoms with van der Waals surface area (Å²) >= 11 is 0. The molecule has 40 heavy (non-hydrogen) atoms. The van der Waals surface area contributed by atoms with Crippen molar-refractivity contribution in [3.8, 4) is 33.4 Å². The molecule has 2 heterocycles. The molecule has 0 radical (unpaired) electrons. The fourth-order valence-electron chi connectivity index (χ4n) is 5.73. The van der Waals surface area contributed by atoms with E-state index < -0.39 is 18.3 Å². The highest BCUT2D eigenvalue weighted by atomic mass is 16.7. The molecule has 0 N–H and O–H groups in total. The molecule has 4 heteroatoms. The molecule has 3 nitrogen and oxygen atoms in total. The van der Waals surface area contributed by atoms with Gasteiger partial charge in [0.15, 0.2) is 0 Å². The van der Waals surface area contributed by atoms with Crippen LogP contribution in [0.15, 0.2) is 120 Å². The van der Waals surface area contributed by atoms with Gasteiger partial charge < -0.3 is 13.7 Å². The van der Waals surface area contributed by atoms with Gasteiger partial charge in [-0.15, -0.1) is 0 Å². The lowest BCUT2D eigenvalue weighted by molar-refractivity contribution is 0.00578. The Kier molecular flexibility index (Phi) is 5.74. The van der Waals surface area contributed by atoms with Gasteiger partial charge in [0.1, 0.15) is 11.2 Å². The van der Waals surface area contributed by atoms with Crippen molar-refractivity contribution in [2.24, 2.45) is 0 Å². The second-order valence-electron chi connectivity index (χ2n) is 11.6. The van der Waals surface area contributed by atoms with E-state index in [9.17, 15) is 0 Å². The van der Waals surface area contributed by atoms with E-state index >= 15 is 0 Å². The van der Waals surface area contributed by atoms with Crippen molar-refractivity contribution in [2.45, 2.75) is 38.9 Å². The molecule has 0 saturated carbocycles. The van der Waals surface area contributed by atoms with Crippen LogP contribution in [0.2, 0.25) is 0 Å². The van der Waals surface area contributed by atoms with Crippen molar-refractivity contribution in [1.82, 2.24) is 0 Å². The minimum absolute atomic E-state index is 0.455. The lowest BCUT2D eigenvalue weighted by atomic mass is 9.76. The number of benzene rings is 5. The molecule has 1 aliphatic rings. The summed E-state index contributed by atoms with van der Waals surface area (Å²) in [7, 11) is -0.536. The molecular weight excluding hydrogens is 491 g/mol. The summed E-state index contributed by atoms with van der Waals surface area (Å²) in [5.41, 5.74) is 8.50. The predicted molar refractivity (Wildman–Crippen MR) is 166 cm³/mol. The van der Waals surface area contributed by atoms with E-state index in [-0.39, 0.29) is 0 Å². The van der Waals surface area contributed by atoms with Crippen molar-refractivity contribution in [1.29, 1.82) is 0 Å². The number of hydrogen-bond donors (Lipinski definition) is 0. The van der Waals surface area contributed by atoms with Crippen LogP contribution in [-0.4, -0.2) is 18.3 Å². The fourth-order valence-corrected chi connectivity index (χ4v) is 5.73. The standard InChI is InChI=1S/C36H31BO3/c1-35(2)36(3,4)40-37(39-35)31-23-22-29(28-19-12-11-18-26(28)24-14-7-5-8-15-24)32-30-21-13-20-27(33(30)38-34(31)32)25-16-9-6-10-17-25/h5-23H,1-4H3. The monoisotopic (exact) mass is 522 g/mol. The zero-order valence-electron chi connectivity index (χ0n) is 23.3. The molecule has 5 aromatic carbocycles. The highest BCUT2D eigenvalue weighted by Gasteiger charge is 2.52. The number of rotatable bonds is 4. The first-order valence-electron chi connectivity index (χ1n) is 13.9. The van der Waals surface area contributed by atoms with E-state index in [4.69, 9.17) is 13.7 Å². The third-order valence-electron chi connectivity index (χ3n) is 8.57. The molecule has 1 saturated heterocycles. The third kappa shape index (κ3) is 3.90. The molecule has 1 aliphatic heterocycles. The fraction of sp³-hybridized carbons (Fsp3) is 0.167. The molecule has 0 atom stereocenters. The van der Waals surface area contributed by atoms with Crippen LogP contribution in [0, 0.1) is 0 Å². The molecule has 6 aromatic rings. The summed E-state index contributed by atoms with van der Waals surface area (Å²) in [5, 5.41) is 2.15. The van der Waals surface area contributed by atoms with Crippen LogP contribution in [-0.2, 0) is 9.31 Å². The Morgan fingerprint density at radius 3 is 1.68 bits per heavy atom. The van der Waals surface area contributed by atoms with Gasteiger partial charge in [-0.1, -0.05) is 115 Å². The van der Waals surface area contributed by atoms with Crippen molar-refractivity contribution < 1.29 is 13.7 Å². The predicted octanol–water partition coefficient (Wildman–Crippen LogP) is 8.89. The minimum Gasteiger partial charge on any atom is -0.456 e. The third-order valence-corrected chi connectivity index (χ3v) is 8.57. The first-order valence-corrected chi connectivity index (χ1v) is 13.9. The van der Waals surface area contributed by atoms with Crippen molar-refractivity contribution in [2.75, 3.05) is 0 Å². The Labute approximate surface area is 235 Å². The minimum atomic E-state index is -0.536. The quantitative estimate of drug-likeness (QED) is 0.217. The van der Waals surface area contributed by atoms with Crippen molar-refractivity contribution >= 4 is 34.5 Å². The van der Waals surface area contributed by atoms with Gasteiger partial charge >= 0.3 is 7.12 Å². The van der Waals surface area contributed by atoms with Gasteiger partial charge in [-0.3, -0.25) is 0 Å². The maximum Gasteiger partial charge on any atom is 0.498 e. The Bertz CT molecular complexity index is 1840. The molecule has 1 aromatic heterocycles. The summed E-state index contributed by atoms with van der Waals surface area (Å²) in [6.07, 6.45) is 0. The van der Waals surface area contributed by atoms with E-state index in [1.807, 2.05) is 6.07 Å². The van der Waals surface area contributed by atoms with Crippen LogP contribution in [0.3, 0.4) is 0 Å². The second kappa shape index (κ2) is 9.23. The average molecular weight is 522 g/mol. The van der Waals surface area contributed by atoms with Gasteiger partial charge in [0.2, 0.25) is 0 Å². The number of hydrogen-bond acceptors (Lipinski definition) is 3. The maximum absolute atomic E-state index is 6.87. The zero-order valence-corrected chi connectivity index (χ0v) is 23.3. The molecule has 1 fully saturated rings. The Morgan fingerprint density at radius 1 is 0.475 bits per heavy atom. The van der Waals surface area contributed by atoms with Crippen LogP contribution < -0.4 is 5.46 Å². The first-order chi connectivity index (χ1) is 19.3. The van der Waals surface area contributed by atoms with Crippen LogP contribution in [0.5, 0.6) is 0 Å². The summed E-state index contributed by atoms with van der Waals surface area (Å²) in [5.74, 6) is 0. The summed E-state index contributed by atoms with van der Waals surface area (Å²) in [4.78, 5) is 0. The van der Waals surface area contributed by atoms with Gasteiger partial charge in [-0.05, 0) is 55.5 Å². The van der Waals surface area contributed by atoms with Gasteiger partial charge in [-0.25, -0.2) is 0 Å². The number of fused-ring (bicyclic) bond motifs is 3. The van der Waals surface area contributed by atoms with Gasteiger partial charge in [0.25, 0.3) is 0 Å². The summed E-state index contributed by atoms with van der Waals surface area (Å²) in [6.45, 7) is 8.34. The molecular formula is C36H31BO3. The smallest absolute Gasteiger partial charge is 0.456 e. The van der Waals surface area contributed by atoms with Crippen molar-refractivity contribution in [3.63, 3.8) is 0 Å². The van der Waals surface area contributed by atoms with E-state index in [1.54, 1.807) is 0 Å².